The number of anilines is 1. The van der Waals surface area contributed by atoms with Gasteiger partial charge in [0.15, 0.2) is 0 Å². The molecule has 1 nitrogen and oxygen atoms in total. The highest BCUT2D eigenvalue weighted by atomic mass is 79.9. The summed E-state index contributed by atoms with van der Waals surface area (Å²) in [5, 5.41) is 3.49. The SMILES string of the molecule is CC(C)CC(C)Nc1ccccc1Br. The molecule has 1 aromatic carbocycles. The summed E-state index contributed by atoms with van der Waals surface area (Å²) in [6.07, 6.45) is 1.20. The highest BCUT2D eigenvalue weighted by Gasteiger charge is 2.05. The molecule has 1 unspecified atom stereocenters. The summed E-state index contributed by atoms with van der Waals surface area (Å²) in [4.78, 5) is 0. The molecule has 0 heterocycles. The molecule has 78 valence electrons. The van der Waals surface area contributed by atoms with E-state index >= 15 is 0 Å². The summed E-state index contributed by atoms with van der Waals surface area (Å²) in [6, 6.07) is 8.76. The normalized spacial score (nSPS) is 12.9. The van der Waals surface area contributed by atoms with Crippen molar-refractivity contribution in [2.45, 2.75) is 33.2 Å². The second kappa shape index (κ2) is 5.40. The molecule has 0 amide bonds. The van der Waals surface area contributed by atoms with E-state index < -0.39 is 0 Å². The Bertz CT molecular complexity index is 283. The van der Waals surface area contributed by atoms with Crippen LogP contribution in [-0.2, 0) is 0 Å². The van der Waals surface area contributed by atoms with Gasteiger partial charge in [-0.3, -0.25) is 0 Å². The topological polar surface area (TPSA) is 12.0 Å². The van der Waals surface area contributed by atoms with E-state index in [1.54, 1.807) is 0 Å². The monoisotopic (exact) mass is 255 g/mol. The number of hydrogen-bond acceptors (Lipinski definition) is 1. The molecule has 0 bridgehead atoms. The second-order valence-corrected chi connectivity index (χ2v) is 5.01. The molecule has 0 fully saturated rings. The van der Waals surface area contributed by atoms with Gasteiger partial charge in [0.05, 0.1) is 0 Å². The molecule has 0 saturated heterocycles. The van der Waals surface area contributed by atoms with Crippen LogP contribution in [0.15, 0.2) is 28.7 Å². The van der Waals surface area contributed by atoms with Gasteiger partial charge in [0.2, 0.25) is 0 Å². The van der Waals surface area contributed by atoms with E-state index in [1.807, 2.05) is 6.07 Å². The summed E-state index contributed by atoms with van der Waals surface area (Å²) in [5.74, 6) is 0.736. The lowest BCUT2D eigenvalue weighted by molar-refractivity contribution is 0.539. The first-order valence-corrected chi connectivity index (χ1v) is 5.90. The fourth-order valence-electron chi connectivity index (χ4n) is 1.61. The molecule has 1 N–H and O–H groups in total. The van der Waals surface area contributed by atoms with Crippen molar-refractivity contribution >= 4 is 21.6 Å². The van der Waals surface area contributed by atoms with Gasteiger partial charge in [-0.15, -0.1) is 0 Å². The standard InChI is InChI=1S/C12H18BrN/c1-9(2)8-10(3)14-12-7-5-4-6-11(12)13/h4-7,9-10,14H,8H2,1-3H3. The van der Waals surface area contributed by atoms with Crippen molar-refractivity contribution in [3.05, 3.63) is 28.7 Å². The summed E-state index contributed by atoms with van der Waals surface area (Å²) < 4.78 is 1.13. The highest BCUT2D eigenvalue weighted by Crippen LogP contribution is 2.22. The molecule has 0 aliphatic heterocycles. The van der Waals surface area contributed by atoms with Crippen LogP contribution in [-0.4, -0.2) is 6.04 Å². The summed E-state index contributed by atoms with van der Waals surface area (Å²) in [6.45, 7) is 6.72. The van der Waals surface area contributed by atoms with Crippen molar-refractivity contribution in [2.75, 3.05) is 5.32 Å². The third-order valence-electron chi connectivity index (χ3n) is 2.10. The Labute approximate surface area is 95.0 Å². The van der Waals surface area contributed by atoms with E-state index in [0.717, 1.165) is 10.4 Å². The van der Waals surface area contributed by atoms with Gasteiger partial charge in [0, 0.05) is 16.2 Å². The fraction of sp³-hybridized carbons (Fsp3) is 0.500. The lowest BCUT2D eigenvalue weighted by Gasteiger charge is -2.18. The first-order valence-electron chi connectivity index (χ1n) is 5.10. The number of halogens is 1. The van der Waals surface area contributed by atoms with Crippen molar-refractivity contribution in [3.8, 4) is 0 Å². The molecule has 0 radical (unpaired) electrons. The third-order valence-corrected chi connectivity index (χ3v) is 2.79. The zero-order chi connectivity index (χ0) is 10.6. The highest BCUT2D eigenvalue weighted by molar-refractivity contribution is 9.10. The van der Waals surface area contributed by atoms with Crippen LogP contribution in [0.2, 0.25) is 0 Å². The maximum Gasteiger partial charge on any atom is 0.0486 e. The van der Waals surface area contributed by atoms with Crippen molar-refractivity contribution in [2.24, 2.45) is 5.92 Å². The molecular weight excluding hydrogens is 238 g/mol. The maximum absolute atomic E-state index is 3.53. The van der Waals surface area contributed by atoms with Crippen LogP contribution in [0, 0.1) is 5.92 Å². The lowest BCUT2D eigenvalue weighted by Crippen LogP contribution is -2.17. The van der Waals surface area contributed by atoms with Crippen LogP contribution >= 0.6 is 15.9 Å². The first-order chi connectivity index (χ1) is 6.59. The Morgan fingerprint density at radius 3 is 2.43 bits per heavy atom. The molecule has 1 rings (SSSR count). The average molecular weight is 256 g/mol. The molecule has 2 heteroatoms. The van der Waals surface area contributed by atoms with Gasteiger partial charge in [-0.25, -0.2) is 0 Å². The molecule has 0 aromatic heterocycles. The minimum Gasteiger partial charge on any atom is -0.382 e. The Morgan fingerprint density at radius 2 is 1.86 bits per heavy atom. The number of para-hydroxylation sites is 1. The maximum atomic E-state index is 3.53. The van der Waals surface area contributed by atoms with Gasteiger partial charge in [-0.2, -0.15) is 0 Å². The molecule has 1 atom stereocenters. The Hall–Kier alpha value is -0.500. The van der Waals surface area contributed by atoms with Crippen LogP contribution in [0.1, 0.15) is 27.2 Å². The van der Waals surface area contributed by atoms with Crippen LogP contribution < -0.4 is 5.32 Å². The van der Waals surface area contributed by atoms with Crippen LogP contribution in [0.25, 0.3) is 0 Å². The first kappa shape index (κ1) is 11.6. The third kappa shape index (κ3) is 3.70. The van der Waals surface area contributed by atoms with Crippen molar-refractivity contribution in [1.82, 2.24) is 0 Å². The van der Waals surface area contributed by atoms with E-state index in [4.69, 9.17) is 0 Å². The van der Waals surface area contributed by atoms with Gasteiger partial charge >= 0.3 is 0 Å². The summed E-state index contributed by atoms with van der Waals surface area (Å²) in [5.41, 5.74) is 1.18. The number of rotatable bonds is 4. The number of benzene rings is 1. The van der Waals surface area contributed by atoms with Crippen molar-refractivity contribution in [1.29, 1.82) is 0 Å². The molecule has 0 aliphatic rings. The molecule has 0 saturated carbocycles. The predicted octanol–water partition coefficient (Wildman–Crippen LogP) is 4.30. The second-order valence-electron chi connectivity index (χ2n) is 4.15. The average Bonchev–Trinajstić information content (AvgIpc) is 2.07. The molecule has 14 heavy (non-hydrogen) atoms. The Kier molecular flexibility index (Phi) is 4.46. The fourth-order valence-corrected chi connectivity index (χ4v) is 2.01. The summed E-state index contributed by atoms with van der Waals surface area (Å²) in [7, 11) is 0. The lowest BCUT2D eigenvalue weighted by atomic mass is 10.1. The number of hydrogen-bond donors (Lipinski definition) is 1. The van der Waals surface area contributed by atoms with E-state index in [9.17, 15) is 0 Å². The van der Waals surface area contributed by atoms with Crippen molar-refractivity contribution in [3.63, 3.8) is 0 Å². The van der Waals surface area contributed by atoms with Crippen LogP contribution in [0.4, 0.5) is 5.69 Å². The van der Waals surface area contributed by atoms with Gasteiger partial charge in [-0.05, 0) is 47.3 Å². The number of nitrogens with one attached hydrogen (secondary N) is 1. The Morgan fingerprint density at radius 1 is 1.21 bits per heavy atom. The largest absolute Gasteiger partial charge is 0.382 e. The van der Waals surface area contributed by atoms with E-state index in [1.165, 1.54) is 12.1 Å². The quantitative estimate of drug-likeness (QED) is 0.847. The van der Waals surface area contributed by atoms with Gasteiger partial charge < -0.3 is 5.32 Å². The zero-order valence-corrected chi connectivity index (χ0v) is 10.6. The molecular formula is C12H18BrN. The predicted molar refractivity (Wildman–Crippen MR) is 66.7 cm³/mol. The van der Waals surface area contributed by atoms with Gasteiger partial charge in [0.1, 0.15) is 0 Å². The zero-order valence-electron chi connectivity index (χ0n) is 9.05. The Balaban J connectivity index is 2.56. The van der Waals surface area contributed by atoms with Crippen LogP contribution in [0.3, 0.4) is 0 Å². The van der Waals surface area contributed by atoms with Crippen molar-refractivity contribution < 1.29 is 0 Å². The molecule has 0 aliphatic carbocycles. The van der Waals surface area contributed by atoms with E-state index in [-0.39, 0.29) is 0 Å². The smallest absolute Gasteiger partial charge is 0.0486 e. The summed E-state index contributed by atoms with van der Waals surface area (Å²) >= 11 is 3.53. The van der Waals surface area contributed by atoms with E-state index in [2.05, 4.69) is 60.2 Å². The minimum atomic E-state index is 0.522. The van der Waals surface area contributed by atoms with Gasteiger partial charge in [0.25, 0.3) is 0 Å². The van der Waals surface area contributed by atoms with Gasteiger partial charge in [-0.1, -0.05) is 26.0 Å². The van der Waals surface area contributed by atoms with E-state index in [0.29, 0.717) is 6.04 Å². The van der Waals surface area contributed by atoms with Crippen LogP contribution in [0.5, 0.6) is 0 Å². The molecule has 1 aromatic rings. The minimum absolute atomic E-state index is 0.522. The molecule has 0 spiro atoms.